The quantitative estimate of drug-likeness (QED) is 0.838. The molecule has 1 N–H and O–H groups in total. The van der Waals surface area contributed by atoms with Crippen LogP contribution in [0.3, 0.4) is 0 Å². The van der Waals surface area contributed by atoms with Gasteiger partial charge < -0.3 is 10.1 Å². The molecule has 1 aliphatic carbocycles. The first-order valence-electron chi connectivity index (χ1n) is 7.98. The maximum absolute atomic E-state index is 6.26. The van der Waals surface area contributed by atoms with E-state index in [4.69, 9.17) is 4.74 Å². The van der Waals surface area contributed by atoms with Gasteiger partial charge in [0.05, 0.1) is 0 Å². The van der Waals surface area contributed by atoms with Gasteiger partial charge in [-0.2, -0.15) is 0 Å². The van der Waals surface area contributed by atoms with E-state index in [2.05, 4.69) is 58.1 Å². The molecule has 20 heavy (non-hydrogen) atoms. The largest absolute Gasteiger partial charge is 0.490 e. The van der Waals surface area contributed by atoms with Crippen LogP contribution in [0.1, 0.15) is 51.2 Å². The molecule has 0 saturated heterocycles. The summed E-state index contributed by atoms with van der Waals surface area (Å²) in [6, 6.07) is 7.02. The molecule has 0 aliphatic heterocycles. The first kappa shape index (κ1) is 15.4. The lowest BCUT2D eigenvalue weighted by molar-refractivity contribution is -0.0701. The van der Waals surface area contributed by atoms with Crippen molar-refractivity contribution < 1.29 is 4.74 Å². The van der Waals surface area contributed by atoms with Gasteiger partial charge >= 0.3 is 0 Å². The van der Waals surface area contributed by atoms with E-state index in [1.807, 2.05) is 0 Å². The van der Waals surface area contributed by atoms with Crippen LogP contribution >= 0.6 is 0 Å². The number of rotatable bonds is 6. The Morgan fingerprint density at radius 3 is 2.60 bits per heavy atom. The fraction of sp³-hybridized carbons (Fsp3) is 0.667. The van der Waals surface area contributed by atoms with Crippen LogP contribution in [-0.2, 0) is 0 Å². The minimum absolute atomic E-state index is 0.258. The van der Waals surface area contributed by atoms with Gasteiger partial charge in [-0.3, -0.25) is 0 Å². The van der Waals surface area contributed by atoms with Crippen LogP contribution in [0.5, 0.6) is 5.75 Å². The van der Waals surface area contributed by atoms with E-state index in [1.54, 1.807) is 0 Å². The number of benzene rings is 1. The highest BCUT2D eigenvalue weighted by Gasteiger charge is 2.51. The Kier molecular flexibility index (Phi) is 4.74. The topological polar surface area (TPSA) is 21.3 Å². The Bertz CT molecular complexity index is 457. The van der Waals surface area contributed by atoms with Crippen LogP contribution in [0.2, 0.25) is 0 Å². The molecule has 1 aromatic rings. The van der Waals surface area contributed by atoms with Gasteiger partial charge in [-0.15, -0.1) is 0 Å². The Balaban J connectivity index is 2.01. The number of aryl methyl sites for hydroxylation is 2. The summed E-state index contributed by atoms with van der Waals surface area (Å²) in [6.07, 6.45) is 3.81. The van der Waals surface area contributed by atoms with E-state index in [0.29, 0.717) is 12.1 Å². The van der Waals surface area contributed by atoms with Crippen molar-refractivity contribution >= 4 is 0 Å². The molecular formula is C18H29NO. The van der Waals surface area contributed by atoms with Gasteiger partial charge in [0.2, 0.25) is 0 Å². The van der Waals surface area contributed by atoms with Crippen molar-refractivity contribution in [2.24, 2.45) is 5.41 Å². The molecule has 1 saturated carbocycles. The van der Waals surface area contributed by atoms with Crippen LogP contribution in [-0.4, -0.2) is 18.7 Å². The van der Waals surface area contributed by atoms with Crippen LogP contribution in [0.15, 0.2) is 18.2 Å². The molecule has 0 radical (unpaired) electrons. The molecule has 2 heteroatoms. The summed E-state index contributed by atoms with van der Waals surface area (Å²) < 4.78 is 6.26. The summed E-state index contributed by atoms with van der Waals surface area (Å²) in [4.78, 5) is 0. The second kappa shape index (κ2) is 6.17. The molecule has 1 aliphatic rings. The molecule has 0 spiro atoms. The van der Waals surface area contributed by atoms with Gasteiger partial charge in [-0.1, -0.05) is 26.8 Å². The smallest absolute Gasteiger partial charge is 0.120 e. The molecule has 112 valence electrons. The lowest BCUT2D eigenvalue weighted by Gasteiger charge is -2.53. The predicted octanol–water partition coefficient (Wildman–Crippen LogP) is 4.24. The summed E-state index contributed by atoms with van der Waals surface area (Å²) in [5, 5.41) is 3.67. The lowest BCUT2D eigenvalue weighted by Crippen LogP contribution is -2.63. The van der Waals surface area contributed by atoms with Gasteiger partial charge in [-0.25, -0.2) is 0 Å². The summed E-state index contributed by atoms with van der Waals surface area (Å²) >= 11 is 0. The average Bonchev–Trinajstić information content (AvgIpc) is 2.44. The minimum Gasteiger partial charge on any atom is -0.490 e. The highest BCUT2D eigenvalue weighted by Crippen LogP contribution is 2.46. The van der Waals surface area contributed by atoms with Gasteiger partial charge in [-0.05, 0) is 56.5 Å². The monoisotopic (exact) mass is 275 g/mol. The Hall–Kier alpha value is -1.02. The van der Waals surface area contributed by atoms with Crippen molar-refractivity contribution in [1.82, 2.24) is 5.32 Å². The van der Waals surface area contributed by atoms with Crippen molar-refractivity contribution in [3.05, 3.63) is 29.3 Å². The summed E-state index contributed by atoms with van der Waals surface area (Å²) in [6.45, 7) is 12.2. The number of ether oxygens (including phenoxy) is 1. The van der Waals surface area contributed by atoms with Crippen LogP contribution < -0.4 is 10.1 Å². The van der Waals surface area contributed by atoms with Gasteiger partial charge in [0.25, 0.3) is 0 Å². The van der Waals surface area contributed by atoms with E-state index in [9.17, 15) is 0 Å². The van der Waals surface area contributed by atoms with Crippen molar-refractivity contribution in [1.29, 1.82) is 0 Å². The van der Waals surface area contributed by atoms with Gasteiger partial charge in [0, 0.05) is 17.9 Å². The highest BCUT2D eigenvalue weighted by molar-refractivity contribution is 5.34. The lowest BCUT2D eigenvalue weighted by atomic mass is 9.61. The maximum Gasteiger partial charge on any atom is 0.120 e. The molecule has 0 heterocycles. The number of hydrogen-bond donors (Lipinski definition) is 1. The fourth-order valence-corrected chi connectivity index (χ4v) is 3.06. The SMILES string of the molecule is CCCNC1CC(Oc2ccc(C)c(C)c2)C1(C)CC. The van der Waals surface area contributed by atoms with Crippen LogP contribution in [0.4, 0.5) is 0 Å². The molecule has 3 atom stereocenters. The molecular weight excluding hydrogens is 246 g/mol. The van der Waals surface area contributed by atoms with E-state index in [-0.39, 0.29) is 5.41 Å². The third-order valence-corrected chi connectivity index (χ3v) is 5.14. The first-order valence-corrected chi connectivity index (χ1v) is 7.98. The molecule has 2 rings (SSSR count). The zero-order chi connectivity index (χ0) is 14.8. The van der Waals surface area contributed by atoms with E-state index >= 15 is 0 Å². The zero-order valence-electron chi connectivity index (χ0n) is 13.6. The molecule has 0 aromatic heterocycles. The highest BCUT2D eigenvalue weighted by atomic mass is 16.5. The summed E-state index contributed by atoms with van der Waals surface area (Å²) in [5.74, 6) is 1.02. The molecule has 1 fully saturated rings. The van der Waals surface area contributed by atoms with Crippen LogP contribution in [0.25, 0.3) is 0 Å². The molecule has 0 amide bonds. The maximum atomic E-state index is 6.26. The Morgan fingerprint density at radius 1 is 1.25 bits per heavy atom. The van der Waals surface area contributed by atoms with Crippen molar-refractivity contribution in [2.45, 2.75) is 66.0 Å². The standard InChI is InChI=1S/C18H29NO/c1-6-10-19-16-12-17(18(16,5)7-2)20-15-9-8-13(3)14(4)11-15/h8-9,11,16-17,19H,6-7,10,12H2,1-5H3. The second-order valence-corrected chi connectivity index (χ2v) is 6.45. The zero-order valence-corrected chi connectivity index (χ0v) is 13.6. The Morgan fingerprint density at radius 2 is 2.00 bits per heavy atom. The van der Waals surface area contributed by atoms with Crippen LogP contribution in [0, 0.1) is 19.3 Å². The molecule has 2 nitrogen and oxygen atoms in total. The van der Waals surface area contributed by atoms with Gasteiger partial charge in [0.15, 0.2) is 0 Å². The number of nitrogens with one attached hydrogen (secondary N) is 1. The third kappa shape index (κ3) is 2.85. The third-order valence-electron chi connectivity index (χ3n) is 5.14. The van der Waals surface area contributed by atoms with Crippen molar-refractivity contribution in [3.63, 3.8) is 0 Å². The normalized spacial score (nSPS) is 29.1. The van der Waals surface area contributed by atoms with Crippen molar-refractivity contribution in [2.75, 3.05) is 6.54 Å². The molecule has 1 aromatic carbocycles. The van der Waals surface area contributed by atoms with E-state index in [0.717, 1.165) is 25.1 Å². The predicted molar refractivity (Wildman–Crippen MR) is 85.4 cm³/mol. The average molecular weight is 275 g/mol. The van der Waals surface area contributed by atoms with E-state index < -0.39 is 0 Å². The van der Waals surface area contributed by atoms with E-state index in [1.165, 1.54) is 17.5 Å². The van der Waals surface area contributed by atoms with Crippen molar-refractivity contribution in [3.8, 4) is 5.75 Å². The Labute approximate surface area is 123 Å². The second-order valence-electron chi connectivity index (χ2n) is 6.45. The number of hydrogen-bond acceptors (Lipinski definition) is 2. The molecule has 0 bridgehead atoms. The minimum atomic E-state index is 0.258. The summed E-state index contributed by atoms with van der Waals surface area (Å²) in [5.41, 5.74) is 2.89. The van der Waals surface area contributed by atoms with Gasteiger partial charge in [0.1, 0.15) is 11.9 Å². The summed E-state index contributed by atoms with van der Waals surface area (Å²) in [7, 11) is 0. The first-order chi connectivity index (χ1) is 9.51. The fourth-order valence-electron chi connectivity index (χ4n) is 3.06. The molecule has 3 unspecified atom stereocenters.